The third-order valence-corrected chi connectivity index (χ3v) is 5.84. The van der Waals surface area contributed by atoms with E-state index in [-0.39, 0.29) is 5.91 Å². The molecule has 4 heterocycles. The molecule has 0 bridgehead atoms. The molecule has 146 valence electrons. The van der Waals surface area contributed by atoms with Crippen LogP contribution in [0.4, 0.5) is 5.82 Å². The van der Waals surface area contributed by atoms with Crippen molar-refractivity contribution < 1.29 is 9.21 Å². The van der Waals surface area contributed by atoms with E-state index in [1.807, 2.05) is 31.2 Å². The van der Waals surface area contributed by atoms with Crippen LogP contribution in [0.5, 0.6) is 0 Å². The Labute approximate surface area is 168 Å². The highest BCUT2D eigenvalue weighted by molar-refractivity contribution is 7.15. The van der Waals surface area contributed by atoms with Crippen molar-refractivity contribution in [1.29, 1.82) is 0 Å². The van der Waals surface area contributed by atoms with E-state index >= 15 is 0 Å². The largest absolute Gasteiger partial charge is 0.462 e. The van der Waals surface area contributed by atoms with Crippen molar-refractivity contribution in [3.05, 3.63) is 52.9 Å². The summed E-state index contributed by atoms with van der Waals surface area (Å²) in [6.07, 6.45) is 3.41. The summed E-state index contributed by atoms with van der Waals surface area (Å²) in [4.78, 5) is 27.2. The van der Waals surface area contributed by atoms with Gasteiger partial charge in [-0.25, -0.2) is 9.97 Å². The second kappa shape index (κ2) is 8.12. The Kier molecular flexibility index (Phi) is 5.40. The predicted molar refractivity (Wildman–Crippen MR) is 110 cm³/mol. The minimum Gasteiger partial charge on any atom is -0.462 e. The molecule has 0 atom stereocenters. The topological polar surface area (TPSA) is 74.5 Å². The number of nitrogens with zero attached hydrogens (tertiary/aromatic N) is 4. The number of aromatic nitrogens is 2. The summed E-state index contributed by atoms with van der Waals surface area (Å²) in [6.45, 7) is 6.21. The van der Waals surface area contributed by atoms with Gasteiger partial charge in [-0.15, -0.1) is 11.3 Å². The van der Waals surface area contributed by atoms with Crippen molar-refractivity contribution >= 4 is 23.1 Å². The van der Waals surface area contributed by atoms with Crippen LogP contribution in [0.2, 0.25) is 0 Å². The number of thiazole rings is 1. The maximum atomic E-state index is 12.7. The van der Waals surface area contributed by atoms with E-state index < -0.39 is 0 Å². The molecule has 0 aromatic carbocycles. The lowest BCUT2D eigenvalue weighted by molar-refractivity contribution is 0.0946. The van der Waals surface area contributed by atoms with Crippen molar-refractivity contribution in [2.45, 2.75) is 13.5 Å². The van der Waals surface area contributed by atoms with Crippen LogP contribution in [0.1, 0.15) is 20.9 Å². The van der Waals surface area contributed by atoms with Gasteiger partial charge in [-0.1, -0.05) is 6.07 Å². The first-order valence-electron chi connectivity index (χ1n) is 9.28. The number of hydrogen-bond acceptors (Lipinski definition) is 7. The summed E-state index contributed by atoms with van der Waals surface area (Å²) in [7, 11) is 2.13. The molecule has 0 aliphatic carbocycles. The normalized spacial score (nSPS) is 15.0. The van der Waals surface area contributed by atoms with Crippen LogP contribution in [-0.4, -0.2) is 54.0 Å². The van der Waals surface area contributed by atoms with E-state index in [0.29, 0.717) is 23.0 Å². The second-order valence-electron chi connectivity index (χ2n) is 6.86. The van der Waals surface area contributed by atoms with Crippen LogP contribution in [0.25, 0.3) is 10.8 Å². The van der Waals surface area contributed by atoms with Gasteiger partial charge in [-0.2, -0.15) is 0 Å². The SMILES string of the molecule is Cc1sc(-c2ccco2)nc1C(=O)NCc1cccnc1N1CCN(C)CC1. The molecule has 3 aromatic heterocycles. The van der Waals surface area contributed by atoms with Gasteiger partial charge < -0.3 is 19.5 Å². The number of furan rings is 1. The fraction of sp³-hybridized carbons (Fsp3) is 0.350. The average Bonchev–Trinajstić information content (AvgIpc) is 3.37. The average molecular weight is 398 g/mol. The number of anilines is 1. The van der Waals surface area contributed by atoms with Crippen LogP contribution in [-0.2, 0) is 6.54 Å². The first-order chi connectivity index (χ1) is 13.6. The summed E-state index contributed by atoms with van der Waals surface area (Å²) in [5.41, 5.74) is 1.46. The minimum absolute atomic E-state index is 0.181. The standard InChI is InChI=1S/C20H23N5O2S/c1-14-17(23-20(28-14)16-6-4-12-27-16)19(26)22-13-15-5-3-7-21-18(15)25-10-8-24(2)9-11-25/h3-7,12H,8-11,13H2,1-2H3,(H,22,26). The monoisotopic (exact) mass is 397 g/mol. The van der Waals surface area contributed by atoms with E-state index in [4.69, 9.17) is 4.42 Å². The number of piperazine rings is 1. The Hall–Kier alpha value is -2.71. The lowest BCUT2D eigenvalue weighted by atomic mass is 10.2. The predicted octanol–water partition coefficient (Wildman–Crippen LogP) is 2.79. The van der Waals surface area contributed by atoms with Gasteiger partial charge in [0.05, 0.1) is 6.26 Å². The van der Waals surface area contributed by atoms with Crippen LogP contribution >= 0.6 is 11.3 Å². The number of carbonyl (C=O) groups excluding carboxylic acids is 1. The minimum atomic E-state index is -0.181. The molecule has 4 rings (SSSR count). The van der Waals surface area contributed by atoms with Crippen molar-refractivity contribution in [3.63, 3.8) is 0 Å². The van der Waals surface area contributed by atoms with Gasteiger partial charge in [0.2, 0.25) is 0 Å². The Morgan fingerprint density at radius 2 is 2.07 bits per heavy atom. The molecule has 0 unspecified atom stereocenters. The van der Waals surface area contributed by atoms with E-state index in [1.54, 1.807) is 12.5 Å². The fourth-order valence-corrected chi connectivity index (χ4v) is 4.12. The summed E-state index contributed by atoms with van der Waals surface area (Å²) in [6, 6.07) is 7.58. The fourth-order valence-electron chi connectivity index (χ4n) is 3.24. The van der Waals surface area contributed by atoms with Gasteiger partial charge in [-0.3, -0.25) is 4.79 Å². The maximum Gasteiger partial charge on any atom is 0.271 e. The molecule has 0 saturated carbocycles. The molecule has 0 spiro atoms. The van der Waals surface area contributed by atoms with Gasteiger partial charge in [0.1, 0.15) is 11.5 Å². The number of likely N-dealkylation sites (N-methyl/N-ethyl adjacent to an activating group) is 1. The zero-order valence-corrected chi connectivity index (χ0v) is 16.8. The zero-order valence-electron chi connectivity index (χ0n) is 16.0. The molecule has 8 heteroatoms. The van der Waals surface area contributed by atoms with Gasteiger partial charge >= 0.3 is 0 Å². The zero-order chi connectivity index (χ0) is 19.5. The molecule has 0 radical (unpaired) electrons. The Morgan fingerprint density at radius 1 is 1.25 bits per heavy atom. The highest BCUT2D eigenvalue weighted by Gasteiger charge is 2.20. The first-order valence-corrected chi connectivity index (χ1v) is 10.1. The lowest BCUT2D eigenvalue weighted by Gasteiger charge is -2.34. The number of amides is 1. The van der Waals surface area contributed by atoms with Gasteiger partial charge in [-0.05, 0) is 32.2 Å². The lowest BCUT2D eigenvalue weighted by Crippen LogP contribution is -2.45. The number of aryl methyl sites for hydroxylation is 1. The van der Waals surface area contributed by atoms with Crippen molar-refractivity contribution in [3.8, 4) is 10.8 Å². The molecular formula is C20H23N5O2S. The molecule has 7 nitrogen and oxygen atoms in total. The highest BCUT2D eigenvalue weighted by atomic mass is 32.1. The highest BCUT2D eigenvalue weighted by Crippen LogP contribution is 2.28. The van der Waals surface area contributed by atoms with Gasteiger partial charge in [0, 0.05) is 49.4 Å². The summed E-state index contributed by atoms with van der Waals surface area (Å²) >= 11 is 1.46. The Morgan fingerprint density at radius 3 is 2.82 bits per heavy atom. The summed E-state index contributed by atoms with van der Waals surface area (Å²) in [5, 5.41) is 3.72. The molecule has 1 saturated heterocycles. The number of hydrogen-bond donors (Lipinski definition) is 1. The molecule has 3 aromatic rings. The van der Waals surface area contributed by atoms with Crippen LogP contribution in [0, 0.1) is 6.92 Å². The summed E-state index contributed by atoms with van der Waals surface area (Å²) in [5.74, 6) is 1.44. The number of nitrogens with one attached hydrogen (secondary N) is 1. The first kappa shape index (κ1) is 18.6. The molecule has 1 aliphatic heterocycles. The van der Waals surface area contributed by atoms with Crippen molar-refractivity contribution in [2.75, 3.05) is 38.1 Å². The van der Waals surface area contributed by atoms with Gasteiger partial charge in [0.25, 0.3) is 5.91 Å². The Bertz CT molecular complexity index is 945. The molecular weight excluding hydrogens is 374 g/mol. The summed E-state index contributed by atoms with van der Waals surface area (Å²) < 4.78 is 5.39. The third-order valence-electron chi connectivity index (χ3n) is 4.85. The third kappa shape index (κ3) is 3.93. The molecule has 1 amide bonds. The van der Waals surface area contributed by atoms with E-state index in [1.165, 1.54) is 11.3 Å². The number of rotatable bonds is 5. The molecule has 1 aliphatic rings. The molecule has 28 heavy (non-hydrogen) atoms. The van der Waals surface area contributed by atoms with E-state index in [0.717, 1.165) is 42.4 Å². The van der Waals surface area contributed by atoms with Crippen molar-refractivity contribution in [1.82, 2.24) is 20.2 Å². The second-order valence-corrected chi connectivity index (χ2v) is 8.06. The van der Waals surface area contributed by atoms with Gasteiger partial charge in [0.15, 0.2) is 10.8 Å². The Balaban J connectivity index is 1.46. The van der Waals surface area contributed by atoms with Crippen LogP contribution < -0.4 is 10.2 Å². The number of pyridine rings is 1. The quantitative estimate of drug-likeness (QED) is 0.714. The van der Waals surface area contributed by atoms with Crippen LogP contribution in [0.15, 0.2) is 41.1 Å². The van der Waals surface area contributed by atoms with Crippen LogP contribution in [0.3, 0.4) is 0 Å². The van der Waals surface area contributed by atoms with E-state index in [2.05, 4.69) is 32.1 Å². The van der Waals surface area contributed by atoms with Crippen molar-refractivity contribution in [2.24, 2.45) is 0 Å². The molecule has 1 fully saturated rings. The maximum absolute atomic E-state index is 12.7. The number of carbonyl (C=O) groups is 1. The van der Waals surface area contributed by atoms with E-state index in [9.17, 15) is 4.79 Å². The molecule has 1 N–H and O–H groups in total. The smallest absolute Gasteiger partial charge is 0.271 e.